The normalized spacial score (nSPS) is 16.3. The number of halogens is 3. The third-order valence-corrected chi connectivity index (χ3v) is 6.65. The highest BCUT2D eigenvalue weighted by Gasteiger charge is 2.36. The zero-order valence-electron chi connectivity index (χ0n) is 20.9. The van der Waals surface area contributed by atoms with Crippen LogP contribution in [0.3, 0.4) is 0 Å². The number of nitrogens with zero attached hydrogens (tertiary/aromatic N) is 1. The van der Waals surface area contributed by atoms with Gasteiger partial charge in [-0.3, -0.25) is 9.59 Å². The molecule has 11 heteroatoms. The number of carbonyl (C=O) groups is 3. The van der Waals surface area contributed by atoms with E-state index >= 15 is 0 Å². The van der Waals surface area contributed by atoms with Crippen molar-refractivity contribution in [3.05, 3.63) is 71.0 Å². The molecule has 1 saturated heterocycles. The zero-order valence-corrected chi connectivity index (χ0v) is 21.7. The van der Waals surface area contributed by atoms with Crippen molar-refractivity contribution in [2.75, 3.05) is 12.3 Å². The molecule has 0 aromatic heterocycles. The van der Waals surface area contributed by atoms with Gasteiger partial charge in [0.15, 0.2) is 17.0 Å². The van der Waals surface area contributed by atoms with Crippen LogP contribution in [-0.4, -0.2) is 52.1 Å². The lowest BCUT2D eigenvalue weighted by Gasteiger charge is -2.27. The molecule has 2 aromatic rings. The summed E-state index contributed by atoms with van der Waals surface area (Å²) in [7, 11) is 0. The standard InChI is InChI=1S/C26H30F3N3O4S/c1-26(2,3)36-25(35)31-18(11-17-12-20(28)21(29)14-19(17)27)13-22(33)32-9-10-37-24(32)23(34)30-15-16-7-5-4-6-8-16/h4-8,12,14,18,24H,9-11,13,15H2,1-3H3,(H,30,34)(H,31,35)/t18-,24?/m1/s1. The fourth-order valence-corrected chi connectivity index (χ4v) is 4.94. The number of ether oxygens (including phenoxy) is 1. The van der Waals surface area contributed by atoms with E-state index < -0.39 is 46.5 Å². The molecular formula is C26H30F3N3O4S. The van der Waals surface area contributed by atoms with Gasteiger partial charge >= 0.3 is 6.09 Å². The van der Waals surface area contributed by atoms with Crippen LogP contribution in [0.1, 0.15) is 38.3 Å². The second kappa shape index (κ2) is 12.4. The Morgan fingerprint density at radius 1 is 1.08 bits per heavy atom. The van der Waals surface area contributed by atoms with Crippen LogP contribution < -0.4 is 10.6 Å². The Bertz CT molecular complexity index is 1130. The molecule has 1 fully saturated rings. The van der Waals surface area contributed by atoms with Gasteiger partial charge in [-0.05, 0) is 44.4 Å². The smallest absolute Gasteiger partial charge is 0.407 e. The predicted octanol–water partition coefficient (Wildman–Crippen LogP) is 4.15. The zero-order chi connectivity index (χ0) is 27.2. The van der Waals surface area contributed by atoms with Gasteiger partial charge < -0.3 is 20.3 Å². The topological polar surface area (TPSA) is 87.7 Å². The minimum Gasteiger partial charge on any atom is -0.444 e. The monoisotopic (exact) mass is 537 g/mol. The summed E-state index contributed by atoms with van der Waals surface area (Å²) < 4.78 is 46.7. The Morgan fingerprint density at radius 3 is 2.43 bits per heavy atom. The van der Waals surface area contributed by atoms with Crippen LogP contribution in [0, 0.1) is 17.5 Å². The Balaban J connectivity index is 1.71. The van der Waals surface area contributed by atoms with E-state index in [4.69, 9.17) is 4.74 Å². The van der Waals surface area contributed by atoms with Crippen molar-refractivity contribution in [1.29, 1.82) is 0 Å². The summed E-state index contributed by atoms with van der Waals surface area (Å²) in [5, 5.41) is 4.59. The highest BCUT2D eigenvalue weighted by atomic mass is 32.2. The lowest BCUT2D eigenvalue weighted by molar-refractivity contribution is -0.137. The van der Waals surface area contributed by atoms with Crippen LogP contribution in [-0.2, 0) is 27.3 Å². The number of amides is 3. The molecule has 0 aliphatic carbocycles. The number of benzene rings is 2. The number of hydrogen-bond donors (Lipinski definition) is 2. The lowest BCUT2D eigenvalue weighted by atomic mass is 10.0. The molecular weight excluding hydrogens is 507 g/mol. The predicted molar refractivity (Wildman–Crippen MR) is 134 cm³/mol. The van der Waals surface area contributed by atoms with Crippen molar-refractivity contribution in [3.8, 4) is 0 Å². The van der Waals surface area contributed by atoms with E-state index in [0.717, 1.165) is 5.56 Å². The summed E-state index contributed by atoms with van der Waals surface area (Å²) in [6, 6.07) is 9.44. The summed E-state index contributed by atoms with van der Waals surface area (Å²) in [5.74, 6) is -3.83. The van der Waals surface area contributed by atoms with Gasteiger partial charge in [-0.1, -0.05) is 30.3 Å². The minimum atomic E-state index is -1.34. The molecule has 2 atom stereocenters. The Morgan fingerprint density at radius 2 is 1.76 bits per heavy atom. The van der Waals surface area contributed by atoms with E-state index in [-0.39, 0.29) is 24.3 Å². The van der Waals surface area contributed by atoms with Crippen LogP contribution >= 0.6 is 11.8 Å². The molecule has 0 bridgehead atoms. The van der Waals surface area contributed by atoms with Gasteiger partial charge in [0.25, 0.3) is 5.91 Å². The molecule has 1 aliphatic rings. The number of alkyl carbamates (subject to hydrolysis) is 1. The molecule has 200 valence electrons. The van der Waals surface area contributed by atoms with Gasteiger partial charge in [0.05, 0.1) is 0 Å². The van der Waals surface area contributed by atoms with E-state index in [1.165, 1.54) is 16.7 Å². The Kier molecular flexibility index (Phi) is 9.47. The van der Waals surface area contributed by atoms with Gasteiger partial charge in [-0.15, -0.1) is 11.8 Å². The first kappa shape index (κ1) is 28.4. The van der Waals surface area contributed by atoms with Crippen molar-refractivity contribution < 1.29 is 32.3 Å². The average Bonchev–Trinajstić information content (AvgIpc) is 3.30. The van der Waals surface area contributed by atoms with Crippen molar-refractivity contribution >= 4 is 29.7 Å². The van der Waals surface area contributed by atoms with Crippen molar-refractivity contribution in [2.45, 2.75) is 57.2 Å². The number of nitrogens with one attached hydrogen (secondary N) is 2. The molecule has 1 unspecified atom stereocenters. The first-order chi connectivity index (χ1) is 17.4. The fourth-order valence-electron chi connectivity index (χ4n) is 3.78. The molecule has 0 spiro atoms. The molecule has 2 aromatic carbocycles. The van der Waals surface area contributed by atoms with E-state index in [2.05, 4.69) is 10.6 Å². The summed E-state index contributed by atoms with van der Waals surface area (Å²) in [6.07, 6.45) is -1.44. The Hall–Kier alpha value is -3.21. The van der Waals surface area contributed by atoms with Gasteiger partial charge in [0, 0.05) is 37.4 Å². The van der Waals surface area contributed by atoms with Crippen molar-refractivity contribution in [2.24, 2.45) is 0 Å². The molecule has 37 heavy (non-hydrogen) atoms. The summed E-state index contributed by atoms with van der Waals surface area (Å²) in [5.41, 5.74) is -0.132. The van der Waals surface area contributed by atoms with Crippen LogP contribution in [0.5, 0.6) is 0 Å². The van der Waals surface area contributed by atoms with Crippen molar-refractivity contribution in [1.82, 2.24) is 15.5 Å². The van der Waals surface area contributed by atoms with Gasteiger partial charge in [0.2, 0.25) is 5.91 Å². The highest BCUT2D eigenvalue weighted by Crippen LogP contribution is 2.26. The third-order valence-electron chi connectivity index (χ3n) is 5.44. The largest absolute Gasteiger partial charge is 0.444 e. The summed E-state index contributed by atoms with van der Waals surface area (Å²) >= 11 is 1.31. The number of hydrogen-bond acceptors (Lipinski definition) is 5. The van der Waals surface area contributed by atoms with Gasteiger partial charge in [0.1, 0.15) is 11.4 Å². The van der Waals surface area contributed by atoms with E-state index in [1.54, 1.807) is 20.8 Å². The number of rotatable bonds is 8. The van der Waals surface area contributed by atoms with E-state index in [0.29, 0.717) is 31.0 Å². The number of thioether (sulfide) groups is 1. The van der Waals surface area contributed by atoms with Gasteiger partial charge in [-0.25, -0.2) is 18.0 Å². The van der Waals surface area contributed by atoms with E-state index in [1.807, 2.05) is 30.3 Å². The van der Waals surface area contributed by atoms with Crippen molar-refractivity contribution in [3.63, 3.8) is 0 Å². The van der Waals surface area contributed by atoms with Crippen LogP contribution in [0.25, 0.3) is 0 Å². The van der Waals surface area contributed by atoms with Gasteiger partial charge in [-0.2, -0.15) is 0 Å². The molecule has 1 aliphatic heterocycles. The quantitative estimate of drug-likeness (QED) is 0.494. The summed E-state index contributed by atoms with van der Waals surface area (Å²) in [6.45, 7) is 5.58. The molecule has 0 radical (unpaired) electrons. The molecule has 0 saturated carbocycles. The maximum atomic E-state index is 14.3. The molecule has 1 heterocycles. The summed E-state index contributed by atoms with van der Waals surface area (Å²) in [4.78, 5) is 39.8. The maximum absolute atomic E-state index is 14.3. The lowest BCUT2D eigenvalue weighted by Crippen LogP contribution is -2.48. The number of carbonyl (C=O) groups excluding carboxylic acids is 3. The molecule has 3 amide bonds. The third kappa shape index (κ3) is 8.41. The first-order valence-corrected chi connectivity index (χ1v) is 12.8. The first-order valence-electron chi connectivity index (χ1n) is 11.8. The highest BCUT2D eigenvalue weighted by molar-refractivity contribution is 8.00. The van der Waals surface area contributed by atoms with Crippen LogP contribution in [0.4, 0.5) is 18.0 Å². The fraction of sp³-hybridized carbons (Fsp3) is 0.423. The molecule has 3 rings (SSSR count). The maximum Gasteiger partial charge on any atom is 0.407 e. The Labute approximate surface area is 218 Å². The minimum absolute atomic E-state index is 0.208. The van der Waals surface area contributed by atoms with Crippen LogP contribution in [0.2, 0.25) is 0 Å². The van der Waals surface area contributed by atoms with Crippen LogP contribution in [0.15, 0.2) is 42.5 Å². The second-order valence-corrected chi connectivity index (χ2v) is 10.8. The SMILES string of the molecule is CC(C)(C)OC(=O)N[C@@H](CC(=O)N1CCSC1C(=O)NCc1ccccc1)Cc1cc(F)c(F)cc1F. The molecule has 7 nitrogen and oxygen atoms in total. The molecule has 2 N–H and O–H groups in total. The second-order valence-electron chi connectivity index (χ2n) is 9.62. The average molecular weight is 538 g/mol. The van der Waals surface area contributed by atoms with E-state index in [9.17, 15) is 27.6 Å².